The van der Waals surface area contributed by atoms with Crippen LogP contribution in [0.1, 0.15) is 31.2 Å². The van der Waals surface area contributed by atoms with Gasteiger partial charge in [-0.05, 0) is 64.4 Å². The van der Waals surface area contributed by atoms with Gasteiger partial charge >= 0.3 is 0 Å². The van der Waals surface area contributed by atoms with Crippen molar-refractivity contribution in [3.8, 4) is 5.75 Å². The fourth-order valence-electron chi connectivity index (χ4n) is 4.04. The fraction of sp³-hybridized carbons (Fsp3) is 0.667. The number of para-hydroxylation sites is 1. The highest BCUT2D eigenvalue weighted by atomic mass is 16.5. The standard InChI is InChI=1S/C21H33N3O2/c1-17-6-3-4-8-20(17)26-16-18-7-5-13-24(14-18)21(25)15-23(2)19-9-11-22-12-10-19/h3-4,6,8,18-19,22H,5,7,9-16H2,1-2H3/t18-/m1/s1. The molecule has 1 atom stereocenters. The van der Waals surface area contributed by atoms with Crippen LogP contribution in [0.2, 0.25) is 0 Å². The van der Waals surface area contributed by atoms with Gasteiger partial charge in [0.2, 0.25) is 5.91 Å². The Hall–Kier alpha value is -1.59. The maximum atomic E-state index is 12.8. The van der Waals surface area contributed by atoms with E-state index in [9.17, 15) is 4.79 Å². The summed E-state index contributed by atoms with van der Waals surface area (Å²) in [4.78, 5) is 17.0. The van der Waals surface area contributed by atoms with Crippen LogP contribution in [0, 0.1) is 12.8 Å². The van der Waals surface area contributed by atoms with Crippen molar-refractivity contribution in [2.45, 2.75) is 38.6 Å². The number of likely N-dealkylation sites (tertiary alicyclic amines) is 1. The Labute approximate surface area is 157 Å². The van der Waals surface area contributed by atoms with Crippen LogP contribution < -0.4 is 10.1 Å². The molecule has 3 rings (SSSR count). The van der Waals surface area contributed by atoms with Crippen molar-refractivity contribution in [1.29, 1.82) is 0 Å². The van der Waals surface area contributed by atoms with E-state index >= 15 is 0 Å². The first-order chi connectivity index (χ1) is 12.6. The highest BCUT2D eigenvalue weighted by Gasteiger charge is 2.26. The summed E-state index contributed by atoms with van der Waals surface area (Å²) in [5, 5.41) is 3.39. The second-order valence-corrected chi connectivity index (χ2v) is 7.82. The molecule has 144 valence electrons. The van der Waals surface area contributed by atoms with Gasteiger partial charge < -0.3 is 15.0 Å². The molecule has 26 heavy (non-hydrogen) atoms. The van der Waals surface area contributed by atoms with E-state index in [-0.39, 0.29) is 5.91 Å². The van der Waals surface area contributed by atoms with Crippen LogP contribution in [-0.4, -0.2) is 68.1 Å². The number of nitrogens with zero attached hydrogens (tertiary/aromatic N) is 2. The minimum absolute atomic E-state index is 0.270. The molecule has 2 aliphatic heterocycles. The summed E-state index contributed by atoms with van der Waals surface area (Å²) in [6.45, 7) is 7.14. The Kier molecular flexibility index (Phi) is 6.92. The zero-order valence-corrected chi connectivity index (χ0v) is 16.2. The minimum Gasteiger partial charge on any atom is -0.493 e. The van der Waals surface area contributed by atoms with Crippen LogP contribution in [0.25, 0.3) is 0 Å². The lowest BCUT2D eigenvalue weighted by Gasteiger charge is -2.36. The molecular weight excluding hydrogens is 326 g/mol. The number of likely N-dealkylation sites (N-methyl/N-ethyl adjacent to an activating group) is 1. The van der Waals surface area contributed by atoms with Gasteiger partial charge in [0.05, 0.1) is 13.2 Å². The summed E-state index contributed by atoms with van der Waals surface area (Å²) in [5.41, 5.74) is 1.17. The smallest absolute Gasteiger partial charge is 0.236 e. The molecule has 2 aliphatic rings. The molecule has 0 bridgehead atoms. The van der Waals surface area contributed by atoms with Gasteiger partial charge in [-0.15, -0.1) is 0 Å². The Bertz CT molecular complexity index is 586. The molecule has 1 N–H and O–H groups in total. The topological polar surface area (TPSA) is 44.8 Å². The lowest BCUT2D eigenvalue weighted by Crippen LogP contribution is -2.49. The van der Waals surface area contributed by atoms with Crippen LogP contribution in [0.15, 0.2) is 24.3 Å². The summed E-state index contributed by atoms with van der Waals surface area (Å²) in [6.07, 6.45) is 4.48. The monoisotopic (exact) mass is 359 g/mol. The Balaban J connectivity index is 1.46. The van der Waals surface area contributed by atoms with E-state index < -0.39 is 0 Å². The quantitative estimate of drug-likeness (QED) is 0.846. The average molecular weight is 360 g/mol. The van der Waals surface area contributed by atoms with E-state index in [1.165, 1.54) is 5.56 Å². The second-order valence-electron chi connectivity index (χ2n) is 7.82. The van der Waals surface area contributed by atoms with Crippen LogP contribution in [-0.2, 0) is 4.79 Å². The van der Waals surface area contributed by atoms with Gasteiger partial charge in [0.1, 0.15) is 5.75 Å². The van der Waals surface area contributed by atoms with Gasteiger partial charge in [-0.2, -0.15) is 0 Å². The number of rotatable bonds is 6. The van der Waals surface area contributed by atoms with Crippen molar-refractivity contribution in [3.05, 3.63) is 29.8 Å². The van der Waals surface area contributed by atoms with E-state index in [1.54, 1.807) is 0 Å². The van der Waals surface area contributed by atoms with Crippen molar-refractivity contribution in [1.82, 2.24) is 15.1 Å². The molecule has 0 aliphatic carbocycles. The van der Waals surface area contributed by atoms with Crippen molar-refractivity contribution < 1.29 is 9.53 Å². The molecule has 5 nitrogen and oxygen atoms in total. The number of hydrogen-bond donors (Lipinski definition) is 1. The van der Waals surface area contributed by atoms with Crippen molar-refractivity contribution >= 4 is 5.91 Å². The number of amides is 1. The zero-order valence-electron chi connectivity index (χ0n) is 16.2. The first-order valence-electron chi connectivity index (χ1n) is 10.0. The number of benzene rings is 1. The zero-order chi connectivity index (χ0) is 18.4. The Morgan fingerprint density at radius 2 is 2.04 bits per heavy atom. The summed E-state index contributed by atoms with van der Waals surface area (Å²) < 4.78 is 6.03. The van der Waals surface area contributed by atoms with Crippen molar-refractivity contribution in [3.63, 3.8) is 0 Å². The molecule has 0 radical (unpaired) electrons. The first-order valence-corrected chi connectivity index (χ1v) is 10.0. The third-order valence-corrected chi connectivity index (χ3v) is 5.76. The molecule has 2 fully saturated rings. The Morgan fingerprint density at radius 1 is 1.27 bits per heavy atom. The maximum Gasteiger partial charge on any atom is 0.236 e. The van der Waals surface area contributed by atoms with Gasteiger partial charge in [-0.3, -0.25) is 9.69 Å². The third kappa shape index (κ3) is 5.21. The molecule has 1 amide bonds. The minimum atomic E-state index is 0.270. The molecule has 0 saturated carbocycles. The Morgan fingerprint density at radius 3 is 2.81 bits per heavy atom. The summed E-state index contributed by atoms with van der Waals surface area (Å²) in [5.74, 6) is 1.66. The third-order valence-electron chi connectivity index (χ3n) is 5.76. The fourth-order valence-corrected chi connectivity index (χ4v) is 4.04. The molecule has 1 aromatic carbocycles. The molecule has 1 aromatic rings. The first kappa shape index (κ1) is 19.2. The average Bonchev–Trinajstić information content (AvgIpc) is 2.68. The molecular formula is C21H33N3O2. The number of aryl methyl sites for hydroxylation is 1. The second kappa shape index (κ2) is 9.38. The largest absolute Gasteiger partial charge is 0.493 e. The summed E-state index contributed by atoms with van der Waals surface area (Å²) in [7, 11) is 2.09. The molecule has 2 saturated heterocycles. The number of carbonyl (C=O) groups excluding carboxylic acids is 1. The normalized spacial score (nSPS) is 21.8. The number of hydrogen-bond acceptors (Lipinski definition) is 4. The van der Waals surface area contributed by atoms with E-state index in [0.29, 0.717) is 25.1 Å². The van der Waals surface area contributed by atoms with Gasteiger partial charge in [0.25, 0.3) is 0 Å². The van der Waals surface area contributed by atoms with Crippen LogP contribution in [0.5, 0.6) is 5.75 Å². The molecule has 0 spiro atoms. The van der Waals surface area contributed by atoms with E-state index in [1.807, 2.05) is 23.1 Å². The van der Waals surface area contributed by atoms with Gasteiger partial charge in [0.15, 0.2) is 0 Å². The summed E-state index contributed by atoms with van der Waals surface area (Å²) >= 11 is 0. The maximum absolute atomic E-state index is 12.8. The van der Waals surface area contributed by atoms with Crippen LogP contribution in [0.4, 0.5) is 0 Å². The number of carbonyl (C=O) groups is 1. The van der Waals surface area contributed by atoms with Crippen molar-refractivity contribution in [2.24, 2.45) is 5.92 Å². The van der Waals surface area contributed by atoms with Crippen molar-refractivity contribution in [2.75, 3.05) is 46.4 Å². The molecule has 5 heteroatoms. The predicted molar refractivity (Wildman–Crippen MR) is 104 cm³/mol. The lowest BCUT2D eigenvalue weighted by atomic mass is 9.98. The van der Waals surface area contributed by atoms with Gasteiger partial charge in [0, 0.05) is 25.0 Å². The van der Waals surface area contributed by atoms with Crippen LogP contribution in [0.3, 0.4) is 0 Å². The molecule has 0 aromatic heterocycles. The highest BCUT2D eigenvalue weighted by molar-refractivity contribution is 5.78. The number of ether oxygens (including phenoxy) is 1. The number of piperidine rings is 2. The molecule has 0 unspecified atom stereocenters. The highest BCUT2D eigenvalue weighted by Crippen LogP contribution is 2.21. The van der Waals surface area contributed by atoms with E-state index in [4.69, 9.17) is 4.74 Å². The molecule has 2 heterocycles. The number of nitrogens with one attached hydrogen (secondary N) is 1. The van der Waals surface area contributed by atoms with Gasteiger partial charge in [-0.25, -0.2) is 0 Å². The van der Waals surface area contributed by atoms with Gasteiger partial charge in [-0.1, -0.05) is 18.2 Å². The van der Waals surface area contributed by atoms with E-state index in [2.05, 4.69) is 30.3 Å². The van der Waals surface area contributed by atoms with E-state index in [0.717, 1.165) is 57.6 Å². The summed E-state index contributed by atoms with van der Waals surface area (Å²) in [6, 6.07) is 8.67. The SMILES string of the molecule is Cc1ccccc1OC[C@@H]1CCCN(C(=O)CN(C)C2CCNCC2)C1. The lowest BCUT2D eigenvalue weighted by molar-refractivity contribution is -0.134. The van der Waals surface area contributed by atoms with Crippen LogP contribution >= 0.6 is 0 Å². The predicted octanol–water partition coefficient (Wildman–Crippen LogP) is 2.30.